The number of aromatic amines is 1. The summed E-state index contributed by atoms with van der Waals surface area (Å²) in [5.74, 6) is 2.54. The molecule has 0 saturated carbocycles. The summed E-state index contributed by atoms with van der Waals surface area (Å²) in [6, 6.07) is 9.33. The molecule has 0 radical (unpaired) electrons. The van der Waals surface area contributed by atoms with E-state index in [1.54, 1.807) is 5.56 Å². The molecule has 0 amide bonds. The Hall–Kier alpha value is -0.620. The van der Waals surface area contributed by atoms with E-state index in [9.17, 15) is 5.11 Å². The van der Waals surface area contributed by atoms with E-state index in [4.69, 9.17) is 0 Å². The molecule has 2 aromatic rings. The number of aromatic nitrogens is 1. The van der Waals surface area contributed by atoms with Crippen molar-refractivity contribution in [1.29, 1.82) is 0 Å². The van der Waals surface area contributed by atoms with Gasteiger partial charge in [-0.25, -0.2) is 0 Å². The predicted molar refractivity (Wildman–Crippen MR) is 117 cm³/mol. The molecule has 2 saturated heterocycles. The number of thioether (sulfide) groups is 2. The monoisotopic (exact) mass is 402 g/mol. The first kappa shape index (κ1) is 18.4. The van der Waals surface area contributed by atoms with Gasteiger partial charge < -0.3 is 10.1 Å². The van der Waals surface area contributed by atoms with Gasteiger partial charge in [0.2, 0.25) is 0 Å². The lowest BCUT2D eigenvalue weighted by molar-refractivity contribution is -0.0164. The fraction of sp³-hybridized carbons (Fsp3) is 0.636. The highest BCUT2D eigenvalue weighted by Gasteiger charge is 2.57. The summed E-state index contributed by atoms with van der Waals surface area (Å²) in [6.45, 7) is 4.56. The smallest absolute Gasteiger partial charge is 0.102 e. The number of hydrogen-bond acceptors (Lipinski definition) is 4. The highest BCUT2D eigenvalue weighted by Crippen LogP contribution is 2.67. The molecule has 27 heavy (non-hydrogen) atoms. The number of para-hydroxylation sites is 1. The molecule has 1 aliphatic carbocycles. The molecule has 1 aromatic heterocycles. The summed E-state index contributed by atoms with van der Waals surface area (Å²) in [5, 5.41) is 11.2. The molecular weight excluding hydrogens is 372 g/mol. The van der Waals surface area contributed by atoms with Crippen molar-refractivity contribution in [3.63, 3.8) is 0 Å². The van der Waals surface area contributed by atoms with E-state index in [0.717, 1.165) is 13.1 Å². The van der Waals surface area contributed by atoms with Crippen molar-refractivity contribution in [1.82, 2.24) is 9.88 Å². The van der Waals surface area contributed by atoms with Crippen LogP contribution in [0.1, 0.15) is 56.3 Å². The van der Waals surface area contributed by atoms with Crippen LogP contribution < -0.4 is 0 Å². The Labute approximate surface area is 170 Å². The first-order valence-corrected chi connectivity index (χ1v) is 12.4. The summed E-state index contributed by atoms with van der Waals surface area (Å²) >= 11 is 4.38. The highest BCUT2D eigenvalue weighted by molar-refractivity contribution is 8.18. The van der Waals surface area contributed by atoms with Crippen LogP contribution in [0.2, 0.25) is 0 Å². The number of aliphatic hydroxyl groups excluding tert-OH is 1. The third-order valence-electron chi connectivity index (χ3n) is 7.10. The quantitative estimate of drug-likeness (QED) is 0.747. The lowest BCUT2D eigenvalue weighted by Crippen LogP contribution is -2.52. The summed E-state index contributed by atoms with van der Waals surface area (Å²) in [7, 11) is 0. The maximum atomic E-state index is 9.76. The van der Waals surface area contributed by atoms with Crippen molar-refractivity contribution < 1.29 is 5.11 Å². The Bertz CT molecular complexity index is 827. The van der Waals surface area contributed by atoms with Gasteiger partial charge in [0.05, 0.1) is 6.61 Å². The van der Waals surface area contributed by atoms with Crippen LogP contribution in [0, 0.1) is 5.41 Å². The van der Waals surface area contributed by atoms with E-state index in [1.807, 2.05) is 0 Å². The van der Waals surface area contributed by atoms with Crippen molar-refractivity contribution in [2.24, 2.45) is 5.41 Å². The summed E-state index contributed by atoms with van der Waals surface area (Å²) in [4.78, 5) is 6.48. The Morgan fingerprint density at radius 3 is 2.81 bits per heavy atom. The van der Waals surface area contributed by atoms with Gasteiger partial charge in [0.15, 0.2) is 0 Å². The van der Waals surface area contributed by atoms with Gasteiger partial charge in [-0.15, -0.1) is 23.5 Å². The van der Waals surface area contributed by atoms with Crippen LogP contribution in [0.25, 0.3) is 10.9 Å². The first-order chi connectivity index (χ1) is 13.2. The minimum absolute atomic E-state index is 0.182. The van der Waals surface area contributed by atoms with E-state index in [-0.39, 0.29) is 10.7 Å². The average molecular weight is 403 g/mol. The molecule has 3 aliphatic rings. The van der Waals surface area contributed by atoms with Gasteiger partial charge in [-0.3, -0.25) is 4.90 Å². The molecular formula is C22H30N2OS2. The number of likely N-dealkylation sites (tertiary alicyclic amines) is 1. The molecule has 5 heteroatoms. The molecule has 2 fully saturated rings. The van der Waals surface area contributed by atoms with E-state index in [2.05, 4.69) is 64.6 Å². The lowest BCUT2D eigenvalue weighted by atomic mass is 9.62. The Morgan fingerprint density at radius 1 is 1.22 bits per heavy atom. The van der Waals surface area contributed by atoms with E-state index >= 15 is 0 Å². The minimum Gasteiger partial charge on any atom is -0.395 e. The minimum atomic E-state index is 0.182. The zero-order valence-electron chi connectivity index (χ0n) is 16.2. The number of benzene rings is 1. The second kappa shape index (κ2) is 7.01. The fourth-order valence-electron chi connectivity index (χ4n) is 5.95. The molecule has 5 rings (SSSR count). The zero-order chi connectivity index (χ0) is 18.5. The number of H-pyrrole nitrogens is 1. The molecule has 2 aliphatic heterocycles. The number of nitrogens with one attached hydrogen (secondary N) is 1. The van der Waals surface area contributed by atoms with Crippen LogP contribution in [-0.4, -0.2) is 46.2 Å². The van der Waals surface area contributed by atoms with Gasteiger partial charge in [-0.2, -0.15) is 0 Å². The molecule has 1 spiro atoms. The Balaban J connectivity index is 1.77. The fourth-order valence-corrected chi connectivity index (χ4v) is 9.59. The third kappa shape index (κ3) is 2.72. The second-order valence-electron chi connectivity index (χ2n) is 8.42. The van der Waals surface area contributed by atoms with Crippen LogP contribution in [0.15, 0.2) is 24.3 Å². The maximum Gasteiger partial charge on any atom is 0.102 e. The van der Waals surface area contributed by atoms with Crippen molar-refractivity contribution in [3.8, 4) is 0 Å². The molecule has 3 heterocycles. The number of nitrogens with zero attached hydrogens (tertiary/aromatic N) is 1. The van der Waals surface area contributed by atoms with E-state index in [1.165, 1.54) is 60.2 Å². The van der Waals surface area contributed by atoms with Crippen LogP contribution in [0.3, 0.4) is 0 Å². The first-order valence-electron chi connectivity index (χ1n) is 10.5. The number of β-amino-alcohol motifs (C(OH)–C–C–N with tert-alkyl or cyclic N) is 1. The zero-order valence-corrected chi connectivity index (χ0v) is 17.8. The van der Waals surface area contributed by atoms with E-state index in [0.29, 0.717) is 11.5 Å². The van der Waals surface area contributed by atoms with Crippen molar-refractivity contribution in [3.05, 3.63) is 35.5 Å². The van der Waals surface area contributed by atoms with Gasteiger partial charge >= 0.3 is 0 Å². The van der Waals surface area contributed by atoms with Crippen molar-refractivity contribution in [2.75, 3.05) is 31.2 Å². The lowest BCUT2D eigenvalue weighted by Gasteiger charge is -2.57. The SMILES string of the molecule is CC[C@@]12CCCN(CCO)[C@@H]1c1c([nH]c3ccccc13)C1(C2)SCCCS1. The van der Waals surface area contributed by atoms with Crippen LogP contribution in [0.4, 0.5) is 0 Å². The molecule has 2 N–H and O–H groups in total. The van der Waals surface area contributed by atoms with Gasteiger partial charge in [0, 0.05) is 34.7 Å². The number of piperidine rings is 1. The Kier molecular flexibility index (Phi) is 4.78. The average Bonchev–Trinajstić information content (AvgIpc) is 3.09. The number of rotatable bonds is 3. The standard InChI is InChI=1S/C22H30N2OS2/c1-2-21-9-5-10-24(11-12-25)20(21)18-16-7-3-4-8-17(16)23-19(18)22(15-21)26-13-6-14-27-22/h3-4,7-8,20,23,25H,2,5-6,9-15H2,1H3/t20-,21+/m1/s1. The Morgan fingerprint density at radius 2 is 2.04 bits per heavy atom. The summed E-state index contributed by atoms with van der Waals surface area (Å²) < 4.78 is 0.182. The molecule has 0 unspecified atom stereocenters. The second-order valence-corrected chi connectivity index (χ2v) is 11.5. The van der Waals surface area contributed by atoms with Gasteiger partial charge in [-0.05, 0) is 61.6 Å². The van der Waals surface area contributed by atoms with Crippen LogP contribution in [-0.2, 0) is 4.08 Å². The summed E-state index contributed by atoms with van der Waals surface area (Å²) in [5.41, 5.74) is 4.64. The number of fused-ring (bicyclic) bond motifs is 6. The largest absolute Gasteiger partial charge is 0.395 e. The maximum absolute atomic E-state index is 9.76. The molecule has 146 valence electrons. The molecule has 0 bridgehead atoms. The molecule has 1 aromatic carbocycles. The number of aliphatic hydroxyl groups is 1. The normalized spacial score (nSPS) is 30.4. The van der Waals surface area contributed by atoms with Crippen LogP contribution >= 0.6 is 23.5 Å². The topological polar surface area (TPSA) is 39.3 Å². The highest BCUT2D eigenvalue weighted by atomic mass is 32.2. The third-order valence-corrected chi connectivity index (χ3v) is 10.4. The van der Waals surface area contributed by atoms with Gasteiger partial charge in [0.1, 0.15) is 4.08 Å². The van der Waals surface area contributed by atoms with Gasteiger partial charge in [0.25, 0.3) is 0 Å². The number of hydrogen-bond donors (Lipinski definition) is 2. The predicted octanol–water partition coefficient (Wildman–Crippen LogP) is 5.12. The van der Waals surface area contributed by atoms with Crippen molar-refractivity contribution in [2.45, 2.75) is 49.1 Å². The molecule has 3 nitrogen and oxygen atoms in total. The summed E-state index contributed by atoms with van der Waals surface area (Å²) in [6.07, 6.45) is 6.39. The van der Waals surface area contributed by atoms with E-state index < -0.39 is 0 Å². The molecule has 2 atom stereocenters. The van der Waals surface area contributed by atoms with Crippen LogP contribution in [0.5, 0.6) is 0 Å². The van der Waals surface area contributed by atoms with Crippen molar-refractivity contribution >= 4 is 34.4 Å². The van der Waals surface area contributed by atoms with Gasteiger partial charge in [-0.1, -0.05) is 25.1 Å².